The van der Waals surface area contributed by atoms with Crippen LogP contribution in [0, 0.1) is 0 Å². The minimum absolute atomic E-state index is 0. The summed E-state index contributed by atoms with van der Waals surface area (Å²) in [5.41, 5.74) is 1.09. The van der Waals surface area contributed by atoms with Gasteiger partial charge in [0, 0.05) is 32.0 Å². The zero-order chi connectivity index (χ0) is 15.9. The molecule has 0 amide bonds. The number of nitrogens with zero attached hydrogens (tertiary/aromatic N) is 2. The van der Waals surface area contributed by atoms with Crippen molar-refractivity contribution >= 4 is 29.9 Å². The lowest BCUT2D eigenvalue weighted by molar-refractivity contribution is 0.174. The number of benzene rings is 1. The molecule has 1 aliphatic rings. The minimum Gasteiger partial charge on any atom is -0.454 e. The Labute approximate surface area is 159 Å². The number of halogens is 1. The van der Waals surface area contributed by atoms with E-state index < -0.39 is 0 Å². The standard InChI is InChI=1S/C17H22N4O2.HI/c1-2-18-17(19-7-10-21-8-3-4-9-21)20-12-14-5-6-15-16(11-14)23-13-22-15;/h3-6,8-9,11H,2,7,10,12-13H2,1H3,(H2,18,19,20);1H. The lowest BCUT2D eigenvalue weighted by Gasteiger charge is -2.12. The van der Waals surface area contributed by atoms with E-state index in [4.69, 9.17) is 9.47 Å². The van der Waals surface area contributed by atoms with Gasteiger partial charge in [0.25, 0.3) is 0 Å². The van der Waals surface area contributed by atoms with E-state index in [0.29, 0.717) is 13.3 Å². The van der Waals surface area contributed by atoms with Crippen molar-refractivity contribution in [3.05, 3.63) is 48.3 Å². The highest BCUT2D eigenvalue weighted by atomic mass is 127. The monoisotopic (exact) mass is 442 g/mol. The number of fused-ring (bicyclic) bond motifs is 1. The predicted octanol–water partition coefficient (Wildman–Crippen LogP) is 2.59. The number of aromatic nitrogens is 1. The van der Waals surface area contributed by atoms with Crippen molar-refractivity contribution in [3.63, 3.8) is 0 Å². The normalized spacial score (nSPS) is 12.6. The number of hydrogen-bond acceptors (Lipinski definition) is 3. The molecule has 1 aromatic heterocycles. The van der Waals surface area contributed by atoms with E-state index in [1.807, 2.05) is 30.3 Å². The third kappa shape index (κ3) is 5.05. The van der Waals surface area contributed by atoms with Crippen molar-refractivity contribution < 1.29 is 9.47 Å². The first-order valence-corrected chi connectivity index (χ1v) is 7.86. The Morgan fingerprint density at radius 2 is 1.96 bits per heavy atom. The minimum atomic E-state index is 0. The Hall–Kier alpha value is -1.90. The molecule has 0 fully saturated rings. The van der Waals surface area contributed by atoms with Gasteiger partial charge in [-0.15, -0.1) is 24.0 Å². The Morgan fingerprint density at radius 1 is 1.17 bits per heavy atom. The van der Waals surface area contributed by atoms with Gasteiger partial charge in [-0.1, -0.05) is 6.07 Å². The molecule has 24 heavy (non-hydrogen) atoms. The second-order valence-electron chi connectivity index (χ2n) is 5.23. The molecule has 130 valence electrons. The zero-order valence-electron chi connectivity index (χ0n) is 13.7. The Morgan fingerprint density at radius 3 is 2.75 bits per heavy atom. The van der Waals surface area contributed by atoms with Crippen LogP contribution in [-0.2, 0) is 13.1 Å². The number of aliphatic imine (C=N–C) groups is 1. The largest absolute Gasteiger partial charge is 0.454 e. The van der Waals surface area contributed by atoms with E-state index >= 15 is 0 Å². The summed E-state index contributed by atoms with van der Waals surface area (Å²) in [7, 11) is 0. The summed E-state index contributed by atoms with van der Waals surface area (Å²) in [5.74, 6) is 2.41. The third-order valence-corrected chi connectivity index (χ3v) is 3.53. The fourth-order valence-electron chi connectivity index (χ4n) is 2.37. The highest BCUT2D eigenvalue weighted by molar-refractivity contribution is 14.0. The Balaban J connectivity index is 0.00000208. The SMILES string of the molecule is CCNC(=NCc1ccc2c(c1)OCO2)NCCn1cccc1.I. The van der Waals surface area contributed by atoms with Crippen LogP contribution in [0.1, 0.15) is 12.5 Å². The van der Waals surface area contributed by atoms with Crippen molar-refractivity contribution in [2.24, 2.45) is 4.99 Å². The second kappa shape index (κ2) is 9.41. The van der Waals surface area contributed by atoms with Crippen LogP contribution in [0.2, 0.25) is 0 Å². The molecule has 0 unspecified atom stereocenters. The van der Waals surface area contributed by atoms with Gasteiger partial charge in [-0.2, -0.15) is 0 Å². The molecule has 0 saturated heterocycles. The average Bonchev–Trinajstić information content (AvgIpc) is 3.23. The van der Waals surface area contributed by atoms with Crippen LogP contribution >= 0.6 is 24.0 Å². The van der Waals surface area contributed by atoms with Gasteiger partial charge >= 0.3 is 0 Å². The molecule has 7 heteroatoms. The van der Waals surface area contributed by atoms with Gasteiger partial charge in [-0.3, -0.25) is 0 Å². The summed E-state index contributed by atoms with van der Waals surface area (Å²) in [5, 5.41) is 6.60. The van der Waals surface area contributed by atoms with Gasteiger partial charge < -0.3 is 24.7 Å². The second-order valence-corrected chi connectivity index (χ2v) is 5.23. The zero-order valence-corrected chi connectivity index (χ0v) is 16.0. The lowest BCUT2D eigenvalue weighted by atomic mass is 10.2. The fourth-order valence-corrected chi connectivity index (χ4v) is 2.37. The number of hydrogen-bond donors (Lipinski definition) is 2. The van der Waals surface area contributed by atoms with Crippen molar-refractivity contribution in [2.75, 3.05) is 19.9 Å². The van der Waals surface area contributed by atoms with Gasteiger partial charge in [0.1, 0.15) is 0 Å². The van der Waals surface area contributed by atoms with Gasteiger partial charge in [0.15, 0.2) is 17.5 Å². The number of ether oxygens (including phenoxy) is 2. The van der Waals surface area contributed by atoms with Gasteiger partial charge in [-0.05, 0) is 36.8 Å². The molecule has 1 aliphatic heterocycles. The van der Waals surface area contributed by atoms with Crippen molar-refractivity contribution in [3.8, 4) is 11.5 Å². The third-order valence-electron chi connectivity index (χ3n) is 3.53. The fraction of sp³-hybridized carbons (Fsp3) is 0.353. The Bertz CT molecular complexity index is 659. The molecule has 3 rings (SSSR count). The summed E-state index contributed by atoms with van der Waals surface area (Å²) in [4.78, 5) is 4.62. The predicted molar refractivity (Wildman–Crippen MR) is 105 cm³/mol. The molecule has 1 aromatic carbocycles. The molecular formula is C17H23IN4O2. The molecule has 2 aromatic rings. The maximum absolute atomic E-state index is 5.39. The molecule has 2 N–H and O–H groups in total. The molecule has 0 spiro atoms. The molecule has 0 saturated carbocycles. The quantitative estimate of drug-likeness (QED) is 0.410. The van der Waals surface area contributed by atoms with E-state index in [0.717, 1.165) is 42.7 Å². The van der Waals surface area contributed by atoms with Gasteiger partial charge in [0.05, 0.1) is 6.54 Å². The van der Waals surface area contributed by atoms with Crippen LogP contribution in [0.15, 0.2) is 47.7 Å². The first-order valence-electron chi connectivity index (χ1n) is 7.86. The van der Waals surface area contributed by atoms with Crippen LogP contribution in [0.3, 0.4) is 0 Å². The number of guanidine groups is 1. The lowest BCUT2D eigenvalue weighted by Crippen LogP contribution is -2.38. The molecule has 0 atom stereocenters. The van der Waals surface area contributed by atoms with Crippen LogP contribution < -0.4 is 20.1 Å². The van der Waals surface area contributed by atoms with Crippen molar-refractivity contribution in [1.82, 2.24) is 15.2 Å². The average molecular weight is 442 g/mol. The van der Waals surface area contributed by atoms with Crippen LogP contribution in [0.5, 0.6) is 11.5 Å². The summed E-state index contributed by atoms with van der Waals surface area (Å²) >= 11 is 0. The van der Waals surface area contributed by atoms with E-state index in [1.54, 1.807) is 0 Å². The van der Waals surface area contributed by atoms with Gasteiger partial charge in [0.2, 0.25) is 6.79 Å². The number of rotatable bonds is 6. The highest BCUT2D eigenvalue weighted by Crippen LogP contribution is 2.32. The molecule has 2 heterocycles. The van der Waals surface area contributed by atoms with E-state index in [2.05, 4.69) is 39.5 Å². The maximum atomic E-state index is 5.39. The summed E-state index contributed by atoms with van der Waals surface area (Å²) in [6.07, 6.45) is 4.11. The van der Waals surface area contributed by atoms with Crippen LogP contribution in [0.25, 0.3) is 0 Å². The van der Waals surface area contributed by atoms with Crippen molar-refractivity contribution in [1.29, 1.82) is 0 Å². The molecule has 0 aliphatic carbocycles. The van der Waals surface area contributed by atoms with Crippen LogP contribution in [-0.4, -0.2) is 30.4 Å². The van der Waals surface area contributed by atoms with E-state index in [9.17, 15) is 0 Å². The highest BCUT2D eigenvalue weighted by Gasteiger charge is 2.12. The molecule has 6 nitrogen and oxygen atoms in total. The smallest absolute Gasteiger partial charge is 0.231 e. The van der Waals surface area contributed by atoms with E-state index in [-0.39, 0.29) is 24.0 Å². The molecular weight excluding hydrogens is 419 g/mol. The maximum Gasteiger partial charge on any atom is 0.231 e. The van der Waals surface area contributed by atoms with Gasteiger partial charge in [-0.25, -0.2) is 4.99 Å². The molecule has 0 bridgehead atoms. The topological polar surface area (TPSA) is 59.8 Å². The summed E-state index contributed by atoms with van der Waals surface area (Å²) in [6, 6.07) is 9.98. The first kappa shape index (κ1) is 18.4. The summed E-state index contributed by atoms with van der Waals surface area (Å²) < 4.78 is 12.8. The van der Waals surface area contributed by atoms with E-state index in [1.165, 1.54) is 0 Å². The number of nitrogens with one attached hydrogen (secondary N) is 2. The Kier molecular flexibility index (Phi) is 7.23. The van der Waals surface area contributed by atoms with Crippen LogP contribution in [0.4, 0.5) is 0 Å². The van der Waals surface area contributed by atoms with Crippen molar-refractivity contribution in [2.45, 2.75) is 20.0 Å². The first-order chi connectivity index (χ1) is 11.3. The summed E-state index contributed by atoms with van der Waals surface area (Å²) in [6.45, 7) is 5.50. The molecule has 0 radical (unpaired) electrons.